The van der Waals surface area contributed by atoms with Crippen molar-refractivity contribution in [1.82, 2.24) is 4.90 Å². The third kappa shape index (κ3) is 5.31. The maximum Gasteiger partial charge on any atom is 0.254 e. The van der Waals surface area contributed by atoms with Gasteiger partial charge in [-0.05, 0) is 61.4 Å². The Labute approximate surface area is 159 Å². The standard InChI is InChI=1S/C21H25N3O3/c1-15-11-16(2)13-19(12-15)22-14-20(25)23-18-5-3-17(4-6-18)21(26)24-7-9-27-10-8-24/h3-6,11-13,22H,7-10,14H2,1-2H3,(H,23,25). The molecular weight excluding hydrogens is 342 g/mol. The molecule has 0 atom stereocenters. The Bertz CT molecular complexity index is 792. The van der Waals surface area contributed by atoms with Gasteiger partial charge in [-0.2, -0.15) is 0 Å². The van der Waals surface area contributed by atoms with E-state index in [1.165, 1.54) is 0 Å². The average molecular weight is 367 g/mol. The van der Waals surface area contributed by atoms with Crippen LogP contribution in [0.3, 0.4) is 0 Å². The predicted octanol–water partition coefficient (Wildman–Crippen LogP) is 2.83. The van der Waals surface area contributed by atoms with Gasteiger partial charge in [-0.25, -0.2) is 0 Å². The van der Waals surface area contributed by atoms with Crippen molar-refractivity contribution in [2.45, 2.75) is 13.8 Å². The summed E-state index contributed by atoms with van der Waals surface area (Å²) in [6, 6.07) is 13.1. The number of ether oxygens (including phenoxy) is 1. The Kier molecular flexibility index (Phi) is 6.08. The van der Waals surface area contributed by atoms with Gasteiger partial charge in [0.1, 0.15) is 0 Å². The highest BCUT2D eigenvalue weighted by molar-refractivity contribution is 5.96. The van der Waals surface area contributed by atoms with E-state index in [1.807, 2.05) is 26.0 Å². The van der Waals surface area contributed by atoms with Gasteiger partial charge in [0.2, 0.25) is 5.91 Å². The van der Waals surface area contributed by atoms with Crippen LogP contribution in [0.4, 0.5) is 11.4 Å². The minimum Gasteiger partial charge on any atom is -0.378 e. The zero-order valence-corrected chi connectivity index (χ0v) is 15.7. The lowest BCUT2D eigenvalue weighted by atomic mass is 10.1. The number of anilines is 2. The summed E-state index contributed by atoms with van der Waals surface area (Å²) in [4.78, 5) is 26.4. The second kappa shape index (κ2) is 8.68. The van der Waals surface area contributed by atoms with Crippen LogP contribution in [0, 0.1) is 13.8 Å². The maximum atomic E-state index is 12.4. The normalized spacial score (nSPS) is 13.9. The highest BCUT2D eigenvalue weighted by Gasteiger charge is 2.18. The second-order valence-corrected chi connectivity index (χ2v) is 6.76. The number of aryl methyl sites for hydroxylation is 2. The van der Waals surface area contributed by atoms with Crippen molar-refractivity contribution in [3.05, 3.63) is 59.2 Å². The molecule has 6 nitrogen and oxygen atoms in total. The van der Waals surface area contributed by atoms with Crippen molar-refractivity contribution >= 4 is 23.2 Å². The summed E-state index contributed by atoms with van der Waals surface area (Å²) >= 11 is 0. The molecule has 1 aliphatic heterocycles. The maximum absolute atomic E-state index is 12.4. The van der Waals surface area contributed by atoms with E-state index < -0.39 is 0 Å². The van der Waals surface area contributed by atoms with Crippen LogP contribution in [0.15, 0.2) is 42.5 Å². The lowest BCUT2D eigenvalue weighted by molar-refractivity contribution is -0.114. The lowest BCUT2D eigenvalue weighted by Crippen LogP contribution is -2.40. The molecule has 2 amide bonds. The topological polar surface area (TPSA) is 70.7 Å². The zero-order valence-electron chi connectivity index (χ0n) is 15.7. The van der Waals surface area contributed by atoms with E-state index >= 15 is 0 Å². The quantitative estimate of drug-likeness (QED) is 0.853. The number of hydrogen-bond acceptors (Lipinski definition) is 4. The number of carbonyl (C=O) groups excluding carboxylic acids is 2. The van der Waals surface area contributed by atoms with E-state index in [9.17, 15) is 9.59 Å². The highest BCUT2D eigenvalue weighted by atomic mass is 16.5. The first-order valence-electron chi connectivity index (χ1n) is 9.10. The first-order chi connectivity index (χ1) is 13.0. The molecule has 3 rings (SSSR count). The number of hydrogen-bond donors (Lipinski definition) is 2. The molecule has 2 aromatic rings. The molecule has 1 fully saturated rings. The molecule has 1 aliphatic rings. The molecule has 0 bridgehead atoms. The number of benzene rings is 2. The summed E-state index contributed by atoms with van der Waals surface area (Å²) in [5.74, 6) is -0.144. The lowest BCUT2D eigenvalue weighted by Gasteiger charge is -2.26. The molecule has 27 heavy (non-hydrogen) atoms. The van der Waals surface area contributed by atoms with Gasteiger partial charge in [0.15, 0.2) is 0 Å². The number of amides is 2. The van der Waals surface area contributed by atoms with Crippen molar-refractivity contribution < 1.29 is 14.3 Å². The van der Waals surface area contributed by atoms with Crippen LogP contribution in [-0.4, -0.2) is 49.6 Å². The molecule has 0 spiro atoms. The van der Waals surface area contributed by atoms with Crippen LogP contribution in [-0.2, 0) is 9.53 Å². The van der Waals surface area contributed by atoms with E-state index in [-0.39, 0.29) is 18.4 Å². The number of rotatable bonds is 5. The summed E-state index contributed by atoms with van der Waals surface area (Å²) in [6.07, 6.45) is 0. The smallest absolute Gasteiger partial charge is 0.254 e. The molecule has 0 saturated carbocycles. The van der Waals surface area contributed by atoms with E-state index in [0.29, 0.717) is 37.6 Å². The molecule has 0 aromatic heterocycles. The molecule has 142 valence electrons. The van der Waals surface area contributed by atoms with Gasteiger partial charge in [-0.1, -0.05) is 6.07 Å². The third-order valence-corrected chi connectivity index (χ3v) is 4.39. The van der Waals surface area contributed by atoms with Crippen molar-refractivity contribution in [3.63, 3.8) is 0 Å². The van der Waals surface area contributed by atoms with Gasteiger partial charge < -0.3 is 20.3 Å². The first-order valence-corrected chi connectivity index (χ1v) is 9.10. The van der Waals surface area contributed by atoms with E-state index in [0.717, 1.165) is 16.8 Å². The van der Waals surface area contributed by atoms with Gasteiger partial charge in [-0.15, -0.1) is 0 Å². The summed E-state index contributed by atoms with van der Waals surface area (Å²) in [5, 5.41) is 5.98. The van der Waals surface area contributed by atoms with Gasteiger partial charge in [0.25, 0.3) is 5.91 Å². The van der Waals surface area contributed by atoms with Crippen molar-refractivity contribution in [2.24, 2.45) is 0 Å². The summed E-state index contributed by atoms with van der Waals surface area (Å²) in [7, 11) is 0. The number of nitrogens with one attached hydrogen (secondary N) is 2. The van der Waals surface area contributed by atoms with Crippen LogP contribution in [0.25, 0.3) is 0 Å². The van der Waals surface area contributed by atoms with Gasteiger partial charge in [-0.3, -0.25) is 9.59 Å². The highest BCUT2D eigenvalue weighted by Crippen LogP contribution is 2.15. The second-order valence-electron chi connectivity index (χ2n) is 6.76. The Morgan fingerprint density at radius 1 is 0.963 bits per heavy atom. The van der Waals surface area contributed by atoms with Crippen molar-refractivity contribution in [1.29, 1.82) is 0 Å². The Morgan fingerprint density at radius 3 is 2.22 bits per heavy atom. The minimum absolute atomic E-state index is 0.00680. The predicted molar refractivity (Wildman–Crippen MR) is 106 cm³/mol. The van der Waals surface area contributed by atoms with Gasteiger partial charge in [0, 0.05) is 30.0 Å². The number of nitrogens with zero attached hydrogens (tertiary/aromatic N) is 1. The van der Waals surface area contributed by atoms with E-state index in [2.05, 4.69) is 16.7 Å². The van der Waals surface area contributed by atoms with Crippen LogP contribution < -0.4 is 10.6 Å². The van der Waals surface area contributed by atoms with Crippen LogP contribution in [0.2, 0.25) is 0 Å². The fraction of sp³-hybridized carbons (Fsp3) is 0.333. The van der Waals surface area contributed by atoms with Gasteiger partial charge >= 0.3 is 0 Å². The zero-order chi connectivity index (χ0) is 19.2. The molecule has 2 aromatic carbocycles. The van der Waals surface area contributed by atoms with Crippen molar-refractivity contribution in [3.8, 4) is 0 Å². The van der Waals surface area contributed by atoms with E-state index in [1.54, 1.807) is 29.2 Å². The first kappa shape index (κ1) is 18.9. The monoisotopic (exact) mass is 367 g/mol. The van der Waals surface area contributed by atoms with Crippen LogP contribution in [0.1, 0.15) is 21.5 Å². The SMILES string of the molecule is Cc1cc(C)cc(NCC(=O)Nc2ccc(C(=O)N3CCOCC3)cc2)c1. The molecule has 0 aliphatic carbocycles. The molecule has 1 heterocycles. The molecule has 1 saturated heterocycles. The fourth-order valence-corrected chi connectivity index (χ4v) is 3.11. The summed E-state index contributed by atoms with van der Waals surface area (Å²) in [6.45, 7) is 6.61. The largest absolute Gasteiger partial charge is 0.378 e. The number of carbonyl (C=O) groups is 2. The van der Waals surface area contributed by atoms with Crippen molar-refractivity contribution in [2.75, 3.05) is 43.5 Å². The Hall–Kier alpha value is -2.86. The molecule has 0 radical (unpaired) electrons. The summed E-state index contributed by atoms with van der Waals surface area (Å²) in [5.41, 5.74) is 4.51. The number of morpholine rings is 1. The third-order valence-electron chi connectivity index (χ3n) is 4.39. The molecular formula is C21H25N3O3. The van der Waals surface area contributed by atoms with Crippen LogP contribution >= 0.6 is 0 Å². The van der Waals surface area contributed by atoms with Crippen LogP contribution in [0.5, 0.6) is 0 Å². The molecule has 6 heteroatoms. The molecule has 2 N–H and O–H groups in total. The molecule has 0 unspecified atom stereocenters. The van der Waals surface area contributed by atoms with Gasteiger partial charge in [0.05, 0.1) is 19.8 Å². The minimum atomic E-state index is -0.138. The van der Waals surface area contributed by atoms with E-state index in [4.69, 9.17) is 4.74 Å². The average Bonchev–Trinajstić information content (AvgIpc) is 2.66. The fourth-order valence-electron chi connectivity index (χ4n) is 3.11. The summed E-state index contributed by atoms with van der Waals surface area (Å²) < 4.78 is 5.27. The Balaban J connectivity index is 1.52. The Morgan fingerprint density at radius 2 is 1.59 bits per heavy atom.